The monoisotopic (exact) mass is 1090 g/mol. The van der Waals surface area contributed by atoms with E-state index in [1.807, 2.05) is 72.8 Å². The second-order valence-corrected chi connectivity index (χ2v) is 21.8. The van der Waals surface area contributed by atoms with Gasteiger partial charge in [0.05, 0.1) is 19.3 Å². The molecule has 0 saturated carbocycles. The molecular weight excluding hydrogens is 1030 g/mol. The minimum absolute atomic E-state index is 0.0434. The number of fused-ring (bicyclic) bond motifs is 6. The van der Waals surface area contributed by atoms with E-state index in [9.17, 15) is 31.2 Å². The predicted molar refractivity (Wildman–Crippen MR) is 296 cm³/mol. The molecule has 3 heterocycles. The summed E-state index contributed by atoms with van der Waals surface area (Å²) >= 11 is 0. The maximum Gasteiger partial charge on any atom is 0.421 e. The van der Waals surface area contributed by atoms with E-state index >= 15 is 0 Å². The molecule has 2 aliphatic carbocycles. The van der Waals surface area contributed by atoms with Crippen LogP contribution in [0.25, 0.3) is 22.3 Å². The quantitative estimate of drug-likeness (QED) is 0.0997. The van der Waals surface area contributed by atoms with Crippen molar-refractivity contribution in [2.75, 3.05) is 59.4 Å². The molecule has 2 N–H and O–H groups in total. The van der Waals surface area contributed by atoms with Gasteiger partial charge < -0.3 is 25.0 Å². The Kier molecular flexibility index (Phi) is 14.5. The number of hydrogen-bond donors (Lipinski definition) is 2. The zero-order valence-electron chi connectivity index (χ0n) is 43.1. The lowest BCUT2D eigenvalue weighted by atomic mass is 9.90. The van der Waals surface area contributed by atoms with Crippen LogP contribution in [-0.4, -0.2) is 85.0 Å². The molecule has 1 fully saturated rings. The van der Waals surface area contributed by atoms with E-state index in [0.717, 1.165) is 73.5 Å². The Bertz CT molecular complexity index is 3610. The fourth-order valence-corrected chi connectivity index (χ4v) is 11.3. The van der Waals surface area contributed by atoms with Crippen molar-refractivity contribution < 1.29 is 40.7 Å². The van der Waals surface area contributed by atoms with Gasteiger partial charge in [0, 0.05) is 67.9 Å². The zero-order valence-corrected chi connectivity index (χ0v) is 43.9. The number of hydrogen-bond acceptors (Lipinski definition) is 12. The fourth-order valence-electron chi connectivity index (χ4n) is 10.8. The van der Waals surface area contributed by atoms with E-state index in [2.05, 4.69) is 79.1 Å². The van der Waals surface area contributed by atoms with Crippen LogP contribution in [0.2, 0.25) is 0 Å². The highest BCUT2D eigenvalue weighted by molar-refractivity contribution is 7.92. The molecule has 1 aliphatic heterocycles. The molecule has 15 nitrogen and oxygen atoms in total. The van der Waals surface area contributed by atoms with E-state index in [1.54, 1.807) is 34.1 Å². The van der Waals surface area contributed by atoms with Crippen LogP contribution < -0.4 is 19.8 Å². The van der Waals surface area contributed by atoms with Crippen LogP contribution in [0.5, 0.6) is 0 Å². The Labute approximate surface area is 455 Å². The normalized spacial score (nSPS) is 14.8. The van der Waals surface area contributed by atoms with E-state index < -0.39 is 33.7 Å². The number of rotatable bonds is 15. The number of nitrogens with one attached hydrogen (secondary N) is 2. The third-order valence-electron chi connectivity index (χ3n) is 14.8. The highest BCUT2D eigenvalue weighted by atomic mass is 32.2. The summed E-state index contributed by atoms with van der Waals surface area (Å²) in [5.74, 6) is -1.08. The average Bonchev–Trinajstić information content (AvgIpc) is 3.97. The molecular formula is C60H54F3N9O6S. The molecule has 19 heteroatoms. The summed E-state index contributed by atoms with van der Waals surface area (Å²) in [6, 6.07) is 47.4. The van der Waals surface area contributed by atoms with Crippen molar-refractivity contribution in [1.82, 2.24) is 24.8 Å². The first-order valence-electron chi connectivity index (χ1n) is 25.8. The van der Waals surface area contributed by atoms with Gasteiger partial charge >= 0.3 is 18.4 Å². The van der Waals surface area contributed by atoms with Gasteiger partial charge in [0.1, 0.15) is 30.3 Å². The standard InChI is InChI=1S/C60H54F3N9O6S/c1-70(79(2,75)76)56-54(64-28-29-65-56)33-66-55-53(60(61,62)63)32-67-57(69-55)68-41-26-24-38(25-27-41)34-72(59(74)78-37-52-49-22-9-5-18-45(49)46-19-6-10-23-50(46)52)42-15-11-13-39(31-42)40-14-12-30-71(35-40)58(73)77-36-51-47-20-7-3-16-43(47)44-17-4-8-21-48(44)51/h3-11,13,15-29,31-32,40,51-52H,12,14,30,33-37H2,1-2H3,(H2,66,67,68,69). The van der Waals surface area contributed by atoms with Crippen molar-refractivity contribution in [1.29, 1.82) is 0 Å². The Morgan fingerprint density at radius 2 is 1.32 bits per heavy atom. The topological polar surface area (TPSA) is 172 Å². The summed E-state index contributed by atoms with van der Waals surface area (Å²) in [6.45, 7) is 1.04. The number of piperidine rings is 1. The molecule has 1 unspecified atom stereocenters. The predicted octanol–water partition coefficient (Wildman–Crippen LogP) is 12.1. The van der Waals surface area contributed by atoms with Crippen molar-refractivity contribution >= 4 is 51.2 Å². The maximum absolute atomic E-state index is 14.7. The van der Waals surface area contributed by atoms with E-state index in [4.69, 9.17) is 9.47 Å². The van der Waals surface area contributed by atoms with Gasteiger partial charge in [-0.1, -0.05) is 121 Å². The smallest absolute Gasteiger partial charge is 0.421 e. The summed E-state index contributed by atoms with van der Waals surface area (Å²) in [5.41, 5.74) is 10.5. The molecule has 0 spiro atoms. The Morgan fingerprint density at radius 1 is 0.734 bits per heavy atom. The molecule has 1 atom stereocenters. The number of alkyl halides is 3. The van der Waals surface area contributed by atoms with E-state index in [1.165, 1.54) is 19.4 Å². The lowest BCUT2D eigenvalue weighted by Crippen LogP contribution is -2.40. The minimum Gasteiger partial charge on any atom is -0.448 e. The number of benzene rings is 6. The first-order valence-corrected chi connectivity index (χ1v) is 27.6. The van der Waals surface area contributed by atoms with Crippen LogP contribution in [0.3, 0.4) is 0 Å². The number of halogens is 3. The third-order valence-corrected chi connectivity index (χ3v) is 16.0. The van der Waals surface area contributed by atoms with Crippen LogP contribution in [0.15, 0.2) is 164 Å². The number of anilines is 5. The van der Waals surface area contributed by atoms with Gasteiger partial charge in [0.25, 0.3) is 0 Å². The number of carbonyl (C=O) groups is 2. The molecule has 0 radical (unpaired) electrons. The van der Waals surface area contributed by atoms with Gasteiger partial charge in [-0.3, -0.25) is 14.2 Å². The molecule has 2 aromatic heterocycles. The van der Waals surface area contributed by atoms with Crippen LogP contribution >= 0.6 is 0 Å². The number of sulfonamides is 1. The first-order chi connectivity index (χ1) is 38.2. The minimum atomic E-state index is -4.84. The van der Waals surface area contributed by atoms with E-state index in [0.29, 0.717) is 36.2 Å². The summed E-state index contributed by atoms with van der Waals surface area (Å²) < 4.78 is 80.6. The van der Waals surface area contributed by atoms with Gasteiger partial charge in [0.2, 0.25) is 16.0 Å². The van der Waals surface area contributed by atoms with Crippen LogP contribution in [-0.2, 0) is 38.8 Å². The third kappa shape index (κ3) is 11.0. The SMILES string of the molecule is CN(c1nccnc1CNc1nc(Nc2ccc(CN(C(=O)OCC3c4ccccc4-c4ccccc43)c3cccc(C4CCCN(C(=O)OCC5c6ccccc6-c6ccccc65)C4)c3)cc2)ncc1C(F)(F)F)S(C)(=O)=O. The zero-order chi connectivity index (χ0) is 54.8. The average molecular weight is 1090 g/mol. The molecule has 1 saturated heterocycles. The van der Waals surface area contributed by atoms with Gasteiger partial charge in [-0.15, -0.1) is 0 Å². The second kappa shape index (κ2) is 21.9. The van der Waals surface area contributed by atoms with Crippen LogP contribution in [0, 0.1) is 0 Å². The van der Waals surface area contributed by atoms with Crippen molar-refractivity contribution in [3.05, 3.63) is 209 Å². The molecule has 402 valence electrons. The lowest BCUT2D eigenvalue weighted by molar-refractivity contribution is -0.137. The molecule has 8 aromatic rings. The Hall–Kier alpha value is -8.84. The number of carbonyl (C=O) groups excluding carboxylic acids is 2. The second-order valence-electron chi connectivity index (χ2n) is 19.8. The molecule has 11 rings (SSSR count). The Balaban J connectivity index is 0.815. The van der Waals surface area contributed by atoms with Crippen molar-refractivity contribution in [3.8, 4) is 22.3 Å². The van der Waals surface area contributed by atoms with Gasteiger partial charge in [-0.05, 0) is 92.7 Å². The fraction of sp³-hybridized carbons (Fsp3) is 0.233. The largest absolute Gasteiger partial charge is 0.448 e. The maximum atomic E-state index is 14.7. The molecule has 6 aromatic carbocycles. The Morgan fingerprint density at radius 3 is 1.91 bits per heavy atom. The number of ether oxygens (including phenoxy) is 2. The van der Waals surface area contributed by atoms with E-state index in [-0.39, 0.29) is 67.6 Å². The molecule has 79 heavy (non-hydrogen) atoms. The number of nitrogens with zero attached hydrogens (tertiary/aromatic N) is 7. The van der Waals surface area contributed by atoms with Crippen molar-refractivity contribution in [2.45, 2.75) is 49.9 Å². The lowest BCUT2D eigenvalue weighted by Gasteiger charge is -2.33. The summed E-state index contributed by atoms with van der Waals surface area (Å²) in [5, 5.41) is 5.62. The molecule has 3 aliphatic rings. The highest BCUT2D eigenvalue weighted by Crippen LogP contribution is 2.46. The molecule has 2 amide bonds. The summed E-state index contributed by atoms with van der Waals surface area (Å²) in [7, 11) is -2.50. The molecule has 0 bridgehead atoms. The highest BCUT2D eigenvalue weighted by Gasteiger charge is 2.37. The van der Waals surface area contributed by atoms with Gasteiger partial charge in [-0.2, -0.15) is 18.2 Å². The van der Waals surface area contributed by atoms with Crippen LogP contribution in [0.1, 0.15) is 75.2 Å². The number of amides is 2. The number of aromatic nitrogens is 4. The van der Waals surface area contributed by atoms with Gasteiger partial charge in [0.15, 0.2) is 5.82 Å². The first kappa shape index (κ1) is 52.2. The van der Waals surface area contributed by atoms with Crippen LogP contribution in [0.4, 0.5) is 51.7 Å². The van der Waals surface area contributed by atoms with Crippen molar-refractivity contribution in [3.63, 3.8) is 0 Å². The van der Waals surface area contributed by atoms with Gasteiger partial charge in [-0.25, -0.2) is 28.0 Å². The summed E-state index contributed by atoms with van der Waals surface area (Å²) in [4.78, 5) is 48.2. The number of likely N-dealkylation sites (tertiary alicyclic amines) is 1. The summed E-state index contributed by atoms with van der Waals surface area (Å²) in [6.07, 6.45) is 0.0167. The van der Waals surface area contributed by atoms with Crippen molar-refractivity contribution in [2.24, 2.45) is 0 Å².